The summed E-state index contributed by atoms with van der Waals surface area (Å²) in [6.45, 7) is 8.13. The molecule has 2 fully saturated rings. The number of amides is 2. The molecule has 1 unspecified atom stereocenters. The highest BCUT2D eigenvalue weighted by Gasteiger charge is 2.35. The topological polar surface area (TPSA) is 61.9 Å². The molecular weight excluding hydrogens is 378 g/mol. The summed E-state index contributed by atoms with van der Waals surface area (Å²) in [6, 6.07) is 5.97. The fourth-order valence-corrected chi connectivity index (χ4v) is 3.97. The molecule has 1 atom stereocenters. The molecule has 1 saturated carbocycles. The second-order valence-corrected chi connectivity index (χ2v) is 10.2. The van der Waals surface area contributed by atoms with Gasteiger partial charge in [-0.15, -0.1) is 0 Å². The Morgan fingerprint density at radius 1 is 1.17 bits per heavy atom. The van der Waals surface area contributed by atoms with E-state index in [1.165, 1.54) is 0 Å². The molecule has 6 heteroatoms. The molecule has 1 N–H and O–H groups in total. The predicted molar refractivity (Wildman–Crippen MR) is 121 cm³/mol. The van der Waals surface area contributed by atoms with Gasteiger partial charge in [-0.2, -0.15) is 0 Å². The van der Waals surface area contributed by atoms with Crippen LogP contribution in [0.4, 0.5) is 11.4 Å². The molecule has 1 aliphatic heterocycles. The van der Waals surface area contributed by atoms with E-state index in [0.29, 0.717) is 19.5 Å². The number of rotatable bonds is 8. The summed E-state index contributed by atoms with van der Waals surface area (Å²) in [4.78, 5) is 29.4. The number of carbonyl (C=O) groups excluding carboxylic acids is 2. The Balaban J connectivity index is 1.79. The molecule has 1 aromatic carbocycles. The third kappa shape index (κ3) is 6.46. The van der Waals surface area contributed by atoms with Crippen LogP contribution in [0.15, 0.2) is 18.2 Å². The van der Waals surface area contributed by atoms with Gasteiger partial charge < -0.3 is 19.9 Å². The first-order valence-electron chi connectivity index (χ1n) is 11.1. The summed E-state index contributed by atoms with van der Waals surface area (Å²) in [5.74, 6) is 0.414. The number of anilines is 2. The molecule has 1 heterocycles. The highest BCUT2D eigenvalue weighted by molar-refractivity contribution is 5.91. The molecule has 6 nitrogen and oxygen atoms in total. The SMILES string of the molecule is CN(C)c1ccc(NC(=O)CC(C)(C)C)cc1CN(CC1CCCO1)C(=O)C1CC1. The van der Waals surface area contributed by atoms with E-state index in [2.05, 4.69) is 31.0 Å². The van der Waals surface area contributed by atoms with Crippen molar-refractivity contribution in [3.63, 3.8) is 0 Å². The number of benzene rings is 1. The molecule has 3 rings (SSSR count). The van der Waals surface area contributed by atoms with Crippen LogP contribution < -0.4 is 10.2 Å². The first kappa shape index (κ1) is 22.6. The van der Waals surface area contributed by atoms with Crippen molar-refractivity contribution in [2.75, 3.05) is 37.5 Å². The van der Waals surface area contributed by atoms with Gasteiger partial charge in [0.1, 0.15) is 0 Å². The number of nitrogens with one attached hydrogen (secondary N) is 1. The van der Waals surface area contributed by atoms with Crippen LogP contribution in [0, 0.1) is 11.3 Å². The lowest BCUT2D eigenvalue weighted by molar-refractivity contribution is -0.134. The van der Waals surface area contributed by atoms with Gasteiger partial charge in [0, 0.05) is 57.5 Å². The van der Waals surface area contributed by atoms with Gasteiger partial charge in [0.25, 0.3) is 0 Å². The van der Waals surface area contributed by atoms with Crippen LogP contribution in [0.5, 0.6) is 0 Å². The first-order chi connectivity index (χ1) is 14.1. The Kier molecular flexibility index (Phi) is 7.06. The van der Waals surface area contributed by atoms with E-state index in [9.17, 15) is 9.59 Å². The van der Waals surface area contributed by atoms with Crippen molar-refractivity contribution >= 4 is 23.2 Å². The number of hydrogen-bond acceptors (Lipinski definition) is 4. The Morgan fingerprint density at radius 2 is 1.90 bits per heavy atom. The van der Waals surface area contributed by atoms with E-state index in [1.54, 1.807) is 0 Å². The van der Waals surface area contributed by atoms with E-state index in [1.807, 2.05) is 37.2 Å². The minimum atomic E-state index is -0.0642. The van der Waals surface area contributed by atoms with Gasteiger partial charge in [0.05, 0.1) is 6.10 Å². The van der Waals surface area contributed by atoms with Crippen LogP contribution in [0.1, 0.15) is 58.4 Å². The van der Waals surface area contributed by atoms with Crippen LogP contribution >= 0.6 is 0 Å². The number of hydrogen-bond donors (Lipinski definition) is 1. The van der Waals surface area contributed by atoms with Crippen molar-refractivity contribution in [2.45, 2.75) is 65.5 Å². The molecule has 166 valence electrons. The van der Waals surface area contributed by atoms with Crippen LogP contribution in [0.25, 0.3) is 0 Å². The van der Waals surface area contributed by atoms with Crippen molar-refractivity contribution < 1.29 is 14.3 Å². The molecule has 1 aliphatic carbocycles. The summed E-state index contributed by atoms with van der Waals surface area (Å²) >= 11 is 0. The van der Waals surface area contributed by atoms with E-state index in [-0.39, 0.29) is 29.3 Å². The monoisotopic (exact) mass is 415 g/mol. The normalized spacial score (nSPS) is 18.9. The summed E-state index contributed by atoms with van der Waals surface area (Å²) in [7, 11) is 4.01. The molecule has 2 aliphatic rings. The van der Waals surface area contributed by atoms with E-state index >= 15 is 0 Å². The lowest BCUT2D eigenvalue weighted by atomic mass is 9.92. The summed E-state index contributed by atoms with van der Waals surface area (Å²) < 4.78 is 5.81. The molecular formula is C24H37N3O3. The lowest BCUT2D eigenvalue weighted by Crippen LogP contribution is -2.38. The fraction of sp³-hybridized carbons (Fsp3) is 0.667. The smallest absolute Gasteiger partial charge is 0.226 e. The van der Waals surface area contributed by atoms with Crippen LogP contribution in [-0.4, -0.2) is 50.1 Å². The zero-order valence-corrected chi connectivity index (χ0v) is 19.2. The average Bonchev–Trinajstić information content (AvgIpc) is 3.36. The second-order valence-electron chi connectivity index (χ2n) is 10.2. The summed E-state index contributed by atoms with van der Waals surface area (Å²) in [5.41, 5.74) is 2.82. The highest BCUT2D eigenvalue weighted by atomic mass is 16.5. The number of nitrogens with zero attached hydrogens (tertiary/aromatic N) is 2. The zero-order valence-electron chi connectivity index (χ0n) is 19.2. The molecule has 2 amide bonds. The standard InChI is InChI=1S/C24H37N3O3/c1-24(2,3)14-22(28)25-19-10-11-21(26(4)5)18(13-19)15-27(23(29)17-8-9-17)16-20-7-6-12-30-20/h10-11,13,17,20H,6-9,12,14-16H2,1-5H3,(H,25,28). The Morgan fingerprint density at radius 3 is 2.47 bits per heavy atom. The Bertz CT molecular complexity index is 759. The number of ether oxygens (including phenoxy) is 1. The lowest BCUT2D eigenvalue weighted by Gasteiger charge is -2.28. The molecule has 1 saturated heterocycles. The third-order valence-electron chi connectivity index (χ3n) is 5.58. The van der Waals surface area contributed by atoms with Gasteiger partial charge in [0.2, 0.25) is 11.8 Å². The minimum Gasteiger partial charge on any atom is -0.377 e. The van der Waals surface area contributed by atoms with Gasteiger partial charge in [-0.25, -0.2) is 0 Å². The fourth-order valence-electron chi connectivity index (χ4n) is 3.97. The first-order valence-corrected chi connectivity index (χ1v) is 11.1. The van der Waals surface area contributed by atoms with Gasteiger partial charge >= 0.3 is 0 Å². The quantitative estimate of drug-likeness (QED) is 0.696. The molecule has 0 bridgehead atoms. The second kappa shape index (κ2) is 9.38. The molecule has 0 spiro atoms. The number of carbonyl (C=O) groups is 2. The van der Waals surface area contributed by atoms with Gasteiger partial charge in [-0.05, 0) is 54.9 Å². The zero-order chi connectivity index (χ0) is 21.9. The third-order valence-corrected chi connectivity index (χ3v) is 5.58. The largest absolute Gasteiger partial charge is 0.377 e. The van der Waals surface area contributed by atoms with E-state index < -0.39 is 0 Å². The van der Waals surface area contributed by atoms with Crippen molar-refractivity contribution in [1.29, 1.82) is 0 Å². The van der Waals surface area contributed by atoms with Gasteiger partial charge in [0.15, 0.2) is 0 Å². The van der Waals surface area contributed by atoms with Crippen LogP contribution in [0.3, 0.4) is 0 Å². The Labute approximate surface area is 180 Å². The molecule has 0 aromatic heterocycles. The van der Waals surface area contributed by atoms with E-state index in [4.69, 9.17) is 4.74 Å². The van der Waals surface area contributed by atoms with Gasteiger partial charge in [-0.3, -0.25) is 9.59 Å². The van der Waals surface area contributed by atoms with Crippen LogP contribution in [0.2, 0.25) is 0 Å². The minimum absolute atomic E-state index is 0.0105. The van der Waals surface area contributed by atoms with Crippen LogP contribution in [-0.2, 0) is 20.9 Å². The van der Waals surface area contributed by atoms with Gasteiger partial charge in [-0.1, -0.05) is 20.8 Å². The van der Waals surface area contributed by atoms with Crippen molar-refractivity contribution in [2.24, 2.45) is 11.3 Å². The van der Waals surface area contributed by atoms with Crippen molar-refractivity contribution in [3.05, 3.63) is 23.8 Å². The molecule has 30 heavy (non-hydrogen) atoms. The van der Waals surface area contributed by atoms with E-state index in [0.717, 1.165) is 49.2 Å². The maximum atomic E-state index is 13.0. The summed E-state index contributed by atoms with van der Waals surface area (Å²) in [6.07, 6.45) is 4.65. The van der Waals surface area contributed by atoms with Crippen molar-refractivity contribution in [3.8, 4) is 0 Å². The van der Waals surface area contributed by atoms with Crippen molar-refractivity contribution in [1.82, 2.24) is 4.90 Å². The highest BCUT2D eigenvalue weighted by Crippen LogP contribution is 2.33. The maximum Gasteiger partial charge on any atom is 0.226 e. The summed E-state index contributed by atoms with van der Waals surface area (Å²) in [5, 5.41) is 3.03. The molecule has 1 aromatic rings. The average molecular weight is 416 g/mol. The Hall–Kier alpha value is -2.08. The molecule has 0 radical (unpaired) electrons. The maximum absolute atomic E-state index is 13.0. The predicted octanol–water partition coefficient (Wildman–Crippen LogP) is 4.04.